The number of likely N-dealkylation sites (tertiary alicyclic amines) is 2. The summed E-state index contributed by atoms with van der Waals surface area (Å²) in [6, 6.07) is 0.307. The number of rotatable bonds is 5. The Bertz CT molecular complexity index is 414. The second-order valence-electron chi connectivity index (χ2n) is 7.23. The summed E-state index contributed by atoms with van der Waals surface area (Å²) >= 11 is 0. The molecule has 0 radical (unpaired) electrons. The van der Waals surface area contributed by atoms with Gasteiger partial charge >= 0.3 is 5.97 Å². The number of carbonyl (C=O) groups is 2. The van der Waals surface area contributed by atoms with Crippen LogP contribution in [0, 0.1) is 5.92 Å². The van der Waals surface area contributed by atoms with Crippen LogP contribution >= 0.6 is 12.4 Å². The molecule has 0 saturated carbocycles. The molecule has 1 atom stereocenters. The number of hydrogen-bond donors (Lipinski definition) is 1. The van der Waals surface area contributed by atoms with Crippen molar-refractivity contribution in [3.8, 4) is 0 Å². The summed E-state index contributed by atoms with van der Waals surface area (Å²) in [4.78, 5) is 29.5. The minimum Gasteiger partial charge on any atom is -0.480 e. The second-order valence-corrected chi connectivity index (χ2v) is 7.23. The number of nitrogens with zero attached hydrogens (tertiary/aromatic N) is 3. The van der Waals surface area contributed by atoms with Crippen molar-refractivity contribution in [1.82, 2.24) is 14.7 Å². The third kappa shape index (κ3) is 6.57. The molecule has 1 amide bonds. The van der Waals surface area contributed by atoms with Gasteiger partial charge in [0.05, 0.1) is 13.1 Å². The van der Waals surface area contributed by atoms with Gasteiger partial charge in [-0.2, -0.15) is 0 Å². The maximum absolute atomic E-state index is 12.4. The Balaban J connectivity index is 0.00000288. The van der Waals surface area contributed by atoms with E-state index in [1.165, 1.54) is 0 Å². The molecule has 2 fully saturated rings. The SMILES string of the molecule is CC1CCN(C(=O)CN2CCCC(N(C)CC(=O)O)CC2)CC1.Cl. The van der Waals surface area contributed by atoms with Gasteiger partial charge in [-0.15, -0.1) is 12.4 Å². The van der Waals surface area contributed by atoms with Gasteiger partial charge in [0.15, 0.2) is 0 Å². The first-order valence-corrected chi connectivity index (χ1v) is 8.88. The third-order valence-electron chi connectivity index (χ3n) is 5.29. The van der Waals surface area contributed by atoms with Crippen LogP contribution in [-0.2, 0) is 9.59 Å². The van der Waals surface area contributed by atoms with Crippen LogP contribution in [0.1, 0.15) is 39.0 Å². The third-order valence-corrected chi connectivity index (χ3v) is 5.29. The van der Waals surface area contributed by atoms with Gasteiger partial charge in [0.25, 0.3) is 0 Å². The Hall–Kier alpha value is -0.850. The first-order valence-electron chi connectivity index (χ1n) is 8.88. The van der Waals surface area contributed by atoms with E-state index in [1.807, 2.05) is 16.8 Å². The van der Waals surface area contributed by atoms with Gasteiger partial charge in [-0.25, -0.2) is 0 Å². The zero-order valence-electron chi connectivity index (χ0n) is 14.9. The van der Waals surface area contributed by atoms with Crippen molar-refractivity contribution in [2.75, 3.05) is 46.3 Å². The lowest BCUT2D eigenvalue weighted by molar-refractivity contribution is -0.138. The van der Waals surface area contributed by atoms with E-state index in [1.54, 1.807) is 0 Å². The average molecular weight is 362 g/mol. The van der Waals surface area contributed by atoms with E-state index in [-0.39, 0.29) is 24.9 Å². The lowest BCUT2D eigenvalue weighted by atomic mass is 9.99. The molecule has 2 saturated heterocycles. The van der Waals surface area contributed by atoms with E-state index >= 15 is 0 Å². The van der Waals surface area contributed by atoms with Crippen molar-refractivity contribution in [3.63, 3.8) is 0 Å². The molecule has 0 bridgehead atoms. The van der Waals surface area contributed by atoms with E-state index in [0.717, 1.165) is 64.2 Å². The van der Waals surface area contributed by atoms with Crippen LogP contribution < -0.4 is 0 Å². The Morgan fingerprint density at radius 1 is 1.08 bits per heavy atom. The van der Waals surface area contributed by atoms with Crippen LogP contribution in [0.2, 0.25) is 0 Å². The predicted octanol–water partition coefficient (Wildman–Crippen LogP) is 1.54. The molecule has 2 aliphatic heterocycles. The van der Waals surface area contributed by atoms with Crippen molar-refractivity contribution in [1.29, 1.82) is 0 Å². The Morgan fingerprint density at radius 2 is 1.75 bits per heavy atom. The highest BCUT2D eigenvalue weighted by atomic mass is 35.5. The fourth-order valence-corrected chi connectivity index (χ4v) is 3.63. The number of amides is 1. The number of likely N-dealkylation sites (N-methyl/N-ethyl adjacent to an activating group) is 1. The van der Waals surface area contributed by atoms with Crippen LogP contribution in [0.3, 0.4) is 0 Å². The summed E-state index contributed by atoms with van der Waals surface area (Å²) in [5.41, 5.74) is 0. The molecule has 2 aliphatic rings. The number of carbonyl (C=O) groups excluding carboxylic acids is 1. The smallest absolute Gasteiger partial charge is 0.317 e. The predicted molar refractivity (Wildman–Crippen MR) is 96.6 cm³/mol. The minimum absolute atomic E-state index is 0. The molecule has 1 unspecified atom stereocenters. The molecule has 7 heteroatoms. The summed E-state index contributed by atoms with van der Waals surface area (Å²) in [7, 11) is 1.88. The zero-order valence-corrected chi connectivity index (χ0v) is 15.8. The van der Waals surface area contributed by atoms with Crippen LogP contribution in [0.25, 0.3) is 0 Å². The van der Waals surface area contributed by atoms with Gasteiger partial charge in [0.2, 0.25) is 5.91 Å². The number of hydrogen-bond acceptors (Lipinski definition) is 4. The molecule has 6 nitrogen and oxygen atoms in total. The molecule has 140 valence electrons. The van der Waals surface area contributed by atoms with Crippen LogP contribution in [0.4, 0.5) is 0 Å². The highest BCUT2D eigenvalue weighted by Gasteiger charge is 2.25. The van der Waals surface area contributed by atoms with Crippen LogP contribution in [0.15, 0.2) is 0 Å². The summed E-state index contributed by atoms with van der Waals surface area (Å²) in [6.07, 6.45) is 5.21. The number of halogens is 1. The number of carboxylic acid groups (broad SMARTS) is 1. The van der Waals surface area contributed by atoms with Gasteiger partial charge < -0.3 is 10.0 Å². The molecule has 1 N–H and O–H groups in total. The quantitative estimate of drug-likeness (QED) is 0.804. The Kier molecular flexibility index (Phi) is 9.02. The van der Waals surface area contributed by atoms with E-state index in [2.05, 4.69) is 11.8 Å². The van der Waals surface area contributed by atoms with Gasteiger partial charge in [0.1, 0.15) is 0 Å². The van der Waals surface area contributed by atoms with Crippen molar-refractivity contribution in [2.24, 2.45) is 5.92 Å². The molecule has 0 aliphatic carbocycles. The molecule has 2 rings (SSSR count). The van der Waals surface area contributed by atoms with Crippen molar-refractivity contribution >= 4 is 24.3 Å². The topological polar surface area (TPSA) is 64.1 Å². The minimum atomic E-state index is -0.775. The molecular weight excluding hydrogens is 330 g/mol. The van der Waals surface area contributed by atoms with E-state index in [0.29, 0.717) is 12.6 Å². The van der Waals surface area contributed by atoms with Gasteiger partial charge in [0, 0.05) is 25.7 Å². The Morgan fingerprint density at radius 3 is 2.38 bits per heavy atom. The summed E-state index contributed by atoms with van der Waals surface area (Å²) in [5.74, 6) is 0.222. The normalized spacial score (nSPS) is 23.6. The van der Waals surface area contributed by atoms with E-state index in [9.17, 15) is 9.59 Å². The fourth-order valence-electron chi connectivity index (χ4n) is 3.63. The molecule has 24 heavy (non-hydrogen) atoms. The molecule has 0 aromatic heterocycles. The summed E-state index contributed by atoms with van der Waals surface area (Å²) in [6.45, 7) is 6.48. The summed E-state index contributed by atoms with van der Waals surface area (Å²) < 4.78 is 0. The van der Waals surface area contributed by atoms with E-state index in [4.69, 9.17) is 5.11 Å². The van der Waals surface area contributed by atoms with Crippen molar-refractivity contribution < 1.29 is 14.7 Å². The lowest BCUT2D eigenvalue weighted by Crippen LogP contribution is -2.44. The van der Waals surface area contributed by atoms with Gasteiger partial charge in [-0.05, 0) is 51.6 Å². The second kappa shape index (κ2) is 10.2. The largest absolute Gasteiger partial charge is 0.480 e. The zero-order chi connectivity index (χ0) is 16.8. The highest BCUT2D eigenvalue weighted by Crippen LogP contribution is 2.18. The molecular formula is C17H32ClN3O3. The first-order chi connectivity index (χ1) is 11.0. The molecule has 0 spiro atoms. The fraction of sp³-hybridized carbons (Fsp3) is 0.882. The molecule has 2 heterocycles. The van der Waals surface area contributed by atoms with Crippen LogP contribution in [0.5, 0.6) is 0 Å². The number of carboxylic acids is 1. The van der Waals surface area contributed by atoms with Gasteiger partial charge in [-0.1, -0.05) is 6.92 Å². The average Bonchev–Trinajstić information content (AvgIpc) is 2.73. The summed E-state index contributed by atoms with van der Waals surface area (Å²) in [5, 5.41) is 8.92. The monoisotopic (exact) mass is 361 g/mol. The molecule has 0 aromatic carbocycles. The number of piperidine rings is 1. The molecule has 0 aromatic rings. The number of aliphatic carboxylic acids is 1. The maximum Gasteiger partial charge on any atom is 0.317 e. The Labute approximate surface area is 151 Å². The van der Waals surface area contributed by atoms with Gasteiger partial charge in [-0.3, -0.25) is 19.4 Å². The van der Waals surface area contributed by atoms with Crippen molar-refractivity contribution in [2.45, 2.75) is 45.1 Å². The highest BCUT2D eigenvalue weighted by molar-refractivity contribution is 5.85. The maximum atomic E-state index is 12.4. The van der Waals surface area contributed by atoms with E-state index < -0.39 is 5.97 Å². The lowest BCUT2D eigenvalue weighted by Gasteiger charge is -2.32. The van der Waals surface area contributed by atoms with Crippen molar-refractivity contribution in [3.05, 3.63) is 0 Å². The van der Waals surface area contributed by atoms with Crippen LogP contribution in [-0.4, -0.2) is 84.0 Å². The first kappa shape index (κ1) is 21.2. The standard InChI is InChI=1S/C17H31N3O3.ClH/c1-14-5-10-20(11-6-14)16(21)12-19-8-3-4-15(7-9-19)18(2)13-17(22)23;/h14-15H,3-13H2,1-2H3,(H,22,23);1H.